The third kappa shape index (κ3) is 5.38. The van der Waals surface area contributed by atoms with E-state index in [0.717, 1.165) is 36.3 Å². The van der Waals surface area contributed by atoms with Crippen molar-refractivity contribution < 1.29 is 4.74 Å². The average molecular weight is 344 g/mol. The maximum absolute atomic E-state index is 5.21. The first-order valence-electron chi connectivity index (χ1n) is 7.20. The summed E-state index contributed by atoms with van der Waals surface area (Å²) in [6.45, 7) is 9.95. The van der Waals surface area contributed by atoms with Gasteiger partial charge in [-0.05, 0) is 48.8 Å². The summed E-state index contributed by atoms with van der Waals surface area (Å²) in [5, 5.41) is 3.45. The van der Waals surface area contributed by atoms with Gasteiger partial charge in [-0.3, -0.25) is 0 Å². The first-order valence-corrected chi connectivity index (χ1v) is 8.00. The molecule has 0 bridgehead atoms. The Morgan fingerprint density at radius 1 is 1.45 bits per heavy atom. The Bertz CT molecular complexity index is 399. The summed E-state index contributed by atoms with van der Waals surface area (Å²) in [5.74, 6) is 1.05. The first-order chi connectivity index (χ1) is 9.60. The molecule has 0 aliphatic rings. The molecular weight excluding hydrogens is 318 g/mol. The minimum absolute atomic E-state index is 0.392. The molecule has 4 nitrogen and oxygen atoms in total. The third-order valence-electron chi connectivity index (χ3n) is 3.08. The summed E-state index contributed by atoms with van der Waals surface area (Å²) in [6.07, 6.45) is 3.00. The molecule has 1 heterocycles. The van der Waals surface area contributed by atoms with E-state index >= 15 is 0 Å². The predicted molar refractivity (Wildman–Crippen MR) is 88.3 cm³/mol. The average Bonchev–Trinajstić information content (AvgIpc) is 2.41. The Balaban J connectivity index is 2.93. The lowest BCUT2D eigenvalue weighted by molar-refractivity contribution is 0.203. The fourth-order valence-electron chi connectivity index (χ4n) is 2.06. The number of rotatable bonds is 9. The molecule has 0 spiro atoms. The number of ether oxygens (including phenoxy) is 1. The fraction of sp³-hybridized carbons (Fsp3) is 0.667. The normalized spacial score (nSPS) is 11.1. The van der Waals surface area contributed by atoms with Crippen LogP contribution in [0.5, 0.6) is 0 Å². The lowest BCUT2D eigenvalue weighted by Gasteiger charge is -2.29. The maximum atomic E-state index is 5.21. The van der Waals surface area contributed by atoms with Gasteiger partial charge in [0.15, 0.2) is 0 Å². The zero-order valence-corrected chi connectivity index (χ0v) is 14.5. The van der Waals surface area contributed by atoms with Gasteiger partial charge in [0.1, 0.15) is 5.82 Å². The van der Waals surface area contributed by atoms with E-state index in [9.17, 15) is 0 Å². The minimum Gasteiger partial charge on any atom is -0.383 e. The second-order valence-electron chi connectivity index (χ2n) is 5.09. The predicted octanol–water partition coefficient (Wildman–Crippen LogP) is 3.20. The number of hydrogen-bond acceptors (Lipinski definition) is 4. The van der Waals surface area contributed by atoms with Crippen molar-refractivity contribution >= 4 is 21.7 Å². The van der Waals surface area contributed by atoms with Crippen LogP contribution < -0.4 is 10.2 Å². The highest BCUT2D eigenvalue weighted by atomic mass is 79.9. The molecule has 1 rings (SSSR count). The van der Waals surface area contributed by atoms with Crippen LogP contribution in [0.25, 0.3) is 0 Å². The number of hydrogen-bond donors (Lipinski definition) is 1. The number of methoxy groups -OCH3 is 1. The highest BCUT2D eigenvalue weighted by Crippen LogP contribution is 2.23. The number of anilines is 1. The monoisotopic (exact) mass is 343 g/mol. The highest BCUT2D eigenvalue weighted by molar-refractivity contribution is 9.10. The van der Waals surface area contributed by atoms with Gasteiger partial charge in [-0.25, -0.2) is 4.98 Å². The van der Waals surface area contributed by atoms with E-state index in [1.807, 2.05) is 6.20 Å². The molecule has 0 fully saturated rings. The van der Waals surface area contributed by atoms with Crippen LogP contribution in [0.2, 0.25) is 0 Å². The molecule has 0 aliphatic heterocycles. The molecule has 5 heteroatoms. The maximum Gasteiger partial charge on any atom is 0.133 e. The van der Waals surface area contributed by atoms with E-state index in [2.05, 4.69) is 58.0 Å². The van der Waals surface area contributed by atoms with E-state index in [1.165, 1.54) is 5.56 Å². The zero-order chi connectivity index (χ0) is 15.0. The van der Waals surface area contributed by atoms with Gasteiger partial charge in [-0.15, -0.1) is 0 Å². The smallest absolute Gasteiger partial charge is 0.133 e. The topological polar surface area (TPSA) is 37.4 Å². The number of halogens is 1. The second kappa shape index (κ2) is 9.32. The van der Waals surface area contributed by atoms with Crippen molar-refractivity contribution in [3.05, 3.63) is 22.3 Å². The van der Waals surface area contributed by atoms with Gasteiger partial charge >= 0.3 is 0 Å². The van der Waals surface area contributed by atoms with Gasteiger partial charge in [0.05, 0.1) is 6.61 Å². The summed E-state index contributed by atoms with van der Waals surface area (Å²) < 4.78 is 6.23. The SMILES string of the molecule is CCCNCc1cc(Br)cnc1N(CCOC)C(C)C. The lowest BCUT2D eigenvalue weighted by Crippen LogP contribution is -2.35. The van der Waals surface area contributed by atoms with Gasteiger partial charge in [-0.1, -0.05) is 6.92 Å². The van der Waals surface area contributed by atoms with Crippen molar-refractivity contribution in [2.24, 2.45) is 0 Å². The number of nitrogens with one attached hydrogen (secondary N) is 1. The Hall–Kier alpha value is -0.650. The second-order valence-corrected chi connectivity index (χ2v) is 6.01. The third-order valence-corrected chi connectivity index (χ3v) is 3.52. The molecule has 0 saturated carbocycles. The van der Waals surface area contributed by atoms with Crippen LogP contribution in [-0.2, 0) is 11.3 Å². The van der Waals surface area contributed by atoms with Gasteiger partial charge in [0.2, 0.25) is 0 Å². The molecule has 0 atom stereocenters. The van der Waals surface area contributed by atoms with Gasteiger partial charge in [0.25, 0.3) is 0 Å². The number of pyridine rings is 1. The van der Waals surface area contributed by atoms with E-state index in [-0.39, 0.29) is 0 Å². The minimum atomic E-state index is 0.392. The summed E-state index contributed by atoms with van der Waals surface area (Å²) >= 11 is 3.51. The summed E-state index contributed by atoms with van der Waals surface area (Å²) in [7, 11) is 1.73. The molecule has 1 N–H and O–H groups in total. The molecule has 1 aromatic heterocycles. The van der Waals surface area contributed by atoms with Crippen molar-refractivity contribution in [3.63, 3.8) is 0 Å². The first kappa shape index (κ1) is 17.4. The largest absolute Gasteiger partial charge is 0.383 e. The Morgan fingerprint density at radius 3 is 2.80 bits per heavy atom. The lowest BCUT2D eigenvalue weighted by atomic mass is 10.2. The summed E-state index contributed by atoms with van der Waals surface area (Å²) in [6, 6.07) is 2.54. The zero-order valence-electron chi connectivity index (χ0n) is 12.9. The highest BCUT2D eigenvalue weighted by Gasteiger charge is 2.16. The van der Waals surface area contributed by atoms with Crippen LogP contribution in [0.4, 0.5) is 5.82 Å². The number of nitrogens with zero attached hydrogens (tertiary/aromatic N) is 2. The molecular formula is C15H26BrN3O. The van der Waals surface area contributed by atoms with Crippen molar-refractivity contribution in [3.8, 4) is 0 Å². The van der Waals surface area contributed by atoms with Crippen LogP contribution in [0, 0.1) is 0 Å². The molecule has 0 aromatic carbocycles. The van der Waals surface area contributed by atoms with Crippen LogP contribution in [0.15, 0.2) is 16.7 Å². The van der Waals surface area contributed by atoms with Gasteiger partial charge < -0.3 is 15.0 Å². The van der Waals surface area contributed by atoms with E-state index < -0.39 is 0 Å². The Kier molecular flexibility index (Phi) is 8.11. The molecule has 0 amide bonds. The van der Waals surface area contributed by atoms with E-state index in [4.69, 9.17) is 4.74 Å². The Morgan fingerprint density at radius 2 is 2.20 bits per heavy atom. The summed E-state index contributed by atoms with van der Waals surface area (Å²) in [4.78, 5) is 6.91. The van der Waals surface area contributed by atoms with Gasteiger partial charge in [0, 0.05) is 42.5 Å². The molecule has 0 aliphatic carbocycles. The quantitative estimate of drug-likeness (QED) is 0.698. The summed E-state index contributed by atoms with van der Waals surface area (Å²) in [5.41, 5.74) is 1.22. The van der Waals surface area contributed by atoms with Crippen LogP contribution in [-0.4, -0.2) is 37.8 Å². The standard InChI is InChI=1S/C15H26BrN3O/c1-5-6-17-10-13-9-14(16)11-18-15(13)19(12(2)3)7-8-20-4/h9,11-12,17H,5-8,10H2,1-4H3. The molecule has 114 valence electrons. The number of aromatic nitrogens is 1. The van der Waals surface area contributed by atoms with Crippen LogP contribution in [0.1, 0.15) is 32.8 Å². The van der Waals surface area contributed by atoms with Crippen molar-refractivity contribution in [1.82, 2.24) is 10.3 Å². The van der Waals surface area contributed by atoms with Gasteiger partial charge in [-0.2, -0.15) is 0 Å². The van der Waals surface area contributed by atoms with Crippen molar-refractivity contribution in [2.45, 2.75) is 39.8 Å². The molecule has 0 unspecified atom stereocenters. The van der Waals surface area contributed by atoms with Crippen LogP contribution >= 0.6 is 15.9 Å². The van der Waals surface area contributed by atoms with Crippen molar-refractivity contribution in [1.29, 1.82) is 0 Å². The Labute approximate surface area is 131 Å². The van der Waals surface area contributed by atoms with E-state index in [1.54, 1.807) is 7.11 Å². The fourth-order valence-corrected chi connectivity index (χ4v) is 2.44. The molecule has 20 heavy (non-hydrogen) atoms. The molecule has 0 saturated heterocycles. The van der Waals surface area contributed by atoms with Crippen LogP contribution in [0.3, 0.4) is 0 Å². The molecule has 1 aromatic rings. The van der Waals surface area contributed by atoms with Crippen molar-refractivity contribution in [2.75, 3.05) is 31.7 Å². The van der Waals surface area contributed by atoms with E-state index in [0.29, 0.717) is 12.6 Å². The molecule has 0 radical (unpaired) electrons.